The lowest BCUT2D eigenvalue weighted by Gasteiger charge is -2.26. The quantitative estimate of drug-likeness (QED) is 0.481. The van der Waals surface area contributed by atoms with Crippen molar-refractivity contribution in [2.24, 2.45) is 11.8 Å². The monoisotopic (exact) mass is 294 g/mol. The first-order valence-electron chi connectivity index (χ1n) is 6.13. The highest BCUT2D eigenvalue weighted by molar-refractivity contribution is 5.33. The molecule has 0 bridgehead atoms. The molecule has 3 nitrogen and oxygen atoms in total. The smallest absolute Gasteiger partial charge is 0.385 e. The van der Waals surface area contributed by atoms with E-state index >= 15 is 0 Å². The number of hydrazine groups is 1. The Hall–Kier alpha value is -1.18. The standard InChI is InChI=1S/C13H18F4N2O/c1-8(5-6-20-2)12(19-18)10-7-9(14)3-4-11(10)13(15,16)17/h3-4,7-8,12,19H,5-6,18H2,1-2H3. The number of alkyl halides is 3. The summed E-state index contributed by atoms with van der Waals surface area (Å²) in [6.45, 7) is 2.12. The number of hydrogen-bond acceptors (Lipinski definition) is 3. The van der Waals surface area contributed by atoms with Crippen LogP contribution in [0.2, 0.25) is 0 Å². The van der Waals surface area contributed by atoms with E-state index in [1.54, 1.807) is 6.92 Å². The van der Waals surface area contributed by atoms with E-state index in [2.05, 4.69) is 5.43 Å². The zero-order valence-electron chi connectivity index (χ0n) is 11.3. The number of rotatable bonds is 6. The molecule has 20 heavy (non-hydrogen) atoms. The van der Waals surface area contributed by atoms with E-state index in [4.69, 9.17) is 10.6 Å². The summed E-state index contributed by atoms with van der Waals surface area (Å²) in [6.07, 6.45) is -4.06. The van der Waals surface area contributed by atoms with E-state index < -0.39 is 23.6 Å². The number of methoxy groups -OCH3 is 1. The molecule has 0 spiro atoms. The Morgan fingerprint density at radius 1 is 1.35 bits per heavy atom. The number of benzene rings is 1. The van der Waals surface area contributed by atoms with Gasteiger partial charge in [-0.2, -0.15) is 13.2 Å². The average Bonchev–Trinajstić information content (AvgIpc) is 2.35. The van der Waals surface area contributed by atoms with Gasteiger partial charge in [0, 0.05) is 19.8 Å². The highest BCUT2D eigenvalue weighted by Crippen LogP contribution is 2.37. The zero-order valence-corrected chi connectivity index (χ0v) is 11.3. The highest BCUT2D eigenvalue weighted by atomic mass is 19.4. The van der Waals surface area contributed by atoms with Gasteiger partial charge >= 0.3 is 6.18 Å². The Kier molecular flexibility index (Phi) is 5.91. The van der Waals surface area contributed by atoms with Crippen LogP contribution >= 0.6 is 0 Å². The minimum atomic E-state index is -4.56. The molecule has 2 atom stereocenters. The van der Waals surface area contributed by atoms with E-state index in [0.29, 0.717) is 13.0 Å². The second-order valence-corrected chi connectivity index (χ2v) is 4.63. The van der Waals surface area contributed by atoms with E-state index in [9.17, 15) is 17.6 Å². The second kappa shape index (κ2) is 7.01. The van der Waals surface area contributed by atoms with Gasteiger partial charge in [-0.1, -0.05) is 6.92 Å². The van der Waals surface area contributed by atoms with Crippen molar-refractivity contribution in [1.29, 1.82) is 0 Å². The Labute approximate surface area is 115 Å². The number of nitrogens with two attached hydrogens (primary N) is 1. The third kappa shape index (κ3) is 4.16. The fourth-order valence-corrected chi connectivity index (χ4v) is 2.08. The summed E-state index contributed by atoms with van der Waals surface area (Å²) in [5.74, 6) is 4.38. The molecule has 0 aliphatic heterocycles. The lowest BCUT2D eigenvalue weighted by molar-refractivity contribution is -0.138. The van der Waals surface area contributed by atoms with Crippen LogP contribution in [0.25, 0.3) is 0 Å². The van der Waals surface area contributed by atoms with Crippen molar-refractivity contribution in [1.82, 2.24) is 5.43 Å². The maximum Gasteiger partial charge on any atom is 0.416 e. The first kappa shape index (κ1) is 16.9. The first-order valence-corrected chi connectivity index (χ1v) is 6.13. The molecule has 0 heterocycles. The Balaban J connectivity index is 3.16. The number of halogens is 4. The van der Waals surface area contributed by atoms with Crippen molar-refractivity contribution < 1.29 is 22.3 Å². The summed E-state index contributed by atoms with van der Waals surface area (Å²) >= 11 is 0. The van der Waals surface area contributed by atoms with Crippen molar-refractivity contribution in [3.05, 3.63) is 35.1 Å². The molecule has 0 aromatic heterocycles. The van der Waals surface area contributed by atoms with Crippen LogP contribution in [-0.2, 0) is 10.9 Å². The van der Waals surface area contributed by atoms with Crippen molar-refractivity contribution in [3.8, 4) is 0 Å². The SMILES string of the molecule is COCCC(C)C(NN)c1cc(F)ccc1C(F)(F)F. The largest absolute Gasteiger partial charge is 0.416 e. The van der Waals surface area contributed by atoms with Gasteiger partial charge in [0.25, 0.3) is 0 Å². The van der Waals surface area contributed by atoms with E-state index in [0.717, 1.165) is 18.2 Å². The molecule has 1 aromatic rings. The van der Waals surface area contributed by atoms with Gasteiger partial charge in [0.05, 0.1) is 5.56 Å². The molecule has 0 radical (unpaired) electrons. The first-order chi connectivity index (χ1) is 9.31. The van der Waals surface area contributed by atoms with Crippen LogP contribution in [-0.4, -0.2) is 13.7 Å². The summed E-state index contributed by atoms with van der Waals surface area (Å²) in [5, 5.41) is 0. The van der Waals surface area contributed by atoms with Crippen molar-refractivity contribution in [2.75, 3.05) is 13.7 Å². The molecule has 114 valence electrons. The molecule has 1 aromatic carbocycles. The number of ether oxygens (including phenoxy) is 1. The van der Waals surface area contributed by atoms with Crippen LogP contribution < -0.4 is 11.3 Å². The second-order valence-electron chi connectivity index (χ2n) is 4.63. The van der Waals surface area contributed by atoms with Gasteiger partial charge in [-0.05, 0) is 36.1 Å². The van der Waals surface area contributed by atoms with Gasteiger partial charge < -0.3 is 4.74 Å². The van der Waals surface area contributed by atoms with Gasteiger partial charge in [-0.3, -0.25) is 11.3 Å². The van der Waals surface area contributed by atoms with Gasteiger partial charge in [0.2, 0.25) is 0 Å². The normalized spacial score (nSPS) is 15.2. The van der Waals surface area contributed by atoms with Gasteiger partial charge in [-0.15, -0.1) is 0 Å². The van der Waals surface area contributed by atoms with Crippen LogP contribution in [0.15, 0.2) is 18.2 Å². The van der Waals surface area contributed by atoms with Crippen LogP contribution in [0.5, 0.6) is 0 Å². The lowest BCUT2D eigenvalue weighted by Crippen LogP contribution is -2.34. The highest BCUT2D eigenvalue weighted by Gasteiger charge is 2.36. The number of hydrogen-bond donors (Lipinski definition) is 2. The minimum absolute atomic E-state index is 0.191. The van der Waals surface area contributed by atoms with Crippen LogP contribution in [0.1, 0.15) is 30.5 Å². The van der Waals surface area contributed by atoms with Crippen molar-refractivity contribution in [2.45, 2.75) is 25.6 Å². The Morgan fingerprint density at radius 3 is 2.50 bits per heavy atom. The summed E-state index contributed by atoms with van der Waals surface area (Å²) < 4.78 is 57.1. The van der Waals surface area contributed by atoms with Crippen molar-refractivity contribution in [3.63, 3.8) is 0 Å². The minimum Gasteiger partial charge on any atom is -0.385 e. The summed E-state index contributed by atoms with van der Waals surface area (Å²) in [5.41, 5.74) is 1.27. The third-order valence-electron chi connectivity index (χ3n) is 3.18. The van der Waals surface area contributed by atoms with Crippen molar-refractivity contribution >= 4 is 0 Å². The summed E-state index contributed by atoms with van der Waals surface area (Å²) in [7, 11) is 1.50. The molecular weight excluding hydrogens is 276 g/mol. The fraction of sp³-hybridized carbons (Fsp3) is 0.538. The average molecular weight is 294 g/mol. The van der Waals surface area contributed by atoms with Gasteiger partial charge in [0.1, 0.15) is 5.82 Å². The molecule has 0 amide bonds. The number of nitrogens with one attached hydrogen (secondary N) is 1. The predicted molar refractivity (Wildman–Crippen MR) is 67.1 cm³/mol. The zero-order chi connectivity index (χ0) is 15.3. The lowest BCUT2D eigenvalue weighted by atomic mass is 9.89. The van der Waals surface area contributed by atoms with E-state index in [1.807, 2.05) is 0 Å². The van der Waals surface area contributed by atoms with Crippen LogP contribution in [0.3, 0.4) is 0 Å². The molecule has 0 aliphatic rings. The molecule has 0 saturated heterocycles. The molecule has 1 rings (SSSR count). The maximum absolute atomic E-state index is 13.3. The molecule has 2 unspecified atom stereocenters. The third-order valence-corrected chi connectivity index (χ3v) is 3.18. The molecule has 3 N–H and O–H groups in total. The van der Waals surface area contributed by atoms with Crippen LogP contribution in [0.4, 0.5) is 17.6 Å². The fourth-order valence-electron chi connectivity index (χ4n) is 2.08. The van der Waals surface area contributed by atoms with E-state index in [-0.39, 0.29) is 11.5 Å². The maximum atomic E-state index is 13.3. The molecule has 0 aliphatic carbocycles. The van der Waals surface area contributed by atoms with Crippen LogP contribution in [0, 0.1) is 11.7 Å². The topological polar surface area (TPSA) is 47.3 Å². The molecule has 7 heteroatoms. The summed E-state index contributed by atoms with van der Waals surface area (Å²) in [4.78, 5) is 0. The molecule has 0 fully saturated rings. The Bertz CT molecular complexity index is 437. The van der Waals surface area contributed by atoms with Gasteiger partial charge in [0.15, 0.2) is 0 Å². The molecular formula is C13H18F4N2O. The predicted octanol–water partition coefficient (Wildman–Crippen LogP) is 3.02. The van der Waals surface area contributed by atoms with Gasteiger partial charge in [-0.25, -0.2) is 4.39 Å². The van der Waals surface area contributed by atoms with E-state index in [1.165, 1.54) is 7.11 Å². The summed E-state index contributed by atoms with van der Waals surface area (Å²) in [6, 6.07) is 1.59. The molecule has 0 saturated carbocycles. The Morgan fingerprint density at radius 2 is 2.00 bits per heavy atom.